The summed E-state index contributed by atoms with van der Waals surface area (Å²) in [5.74, 6) is 0. The quantitative estimate of drug-likeness (QED) is 0.795. The van der Waals surface area contributed by atoms with Crippen molar-refractivity contribution in [3.8, 4) is 0 Å². The Kier molecular flexibility index (Phi) is 3.22. The maximum absolute atomic E-state index is 5.64. The molecular formula is C12H12N2OS. The SMILES string of the molecule is NC(=S)c1ccccc1NCc1ccoc1. The molecule has 1 aromatic carbocycles. The van der Waals surface area contributed by atoms with Crippen LogP contribution in [0.4, 0.5) is 5.69 Å². The Morgan fingerprint density at radius 3 is 2.81 bits per heavy atom. The molecule has 0 bridgehead atoms. The first-order chi connectivity index (χ1) is 7.77. The number of rotatable bonds is 4. The van der Waals surface area contributed by atoms with Gasteiger partial charge in [-0.1, -0.05) is 24.4 Å². The van der Waals surface area contributed by atoms with Crippen LogP contribution >= 0.6 is 12.2 Å². The summed E-state index contributed by atoms with van der Waals surface area (Å²) in [7, 11) is 0. The van der Waals surface area contributed by atoms with Crippen LogP contribution in [-0.2, 0) is 6.54 Å². The van der Waals surface area contributed by atoms with Crippen LogP contribution in [0.1, 0.15) is 11.1 Å². The van der Waals surface area contributed by atoms with Gasteiger partial charge in [-0.05, 0) is 18.2 Å². The molecule has 0 spiro atoms. The second-order valence-corrected chi connectivity index (χ2v) is 3.83. The molecule has 0 radical (unpaired) electrons. The van der Waals surface area contributed by atoms with Gasteiger partial charge in [0.1, 0.15) is 4.99 Å². The molecule has 82 valence electrons. The first kappa shape index (κ1) is 10.7. The average Bonchev–Trinajstić information content (AvgIpc) is 2.79. The van der Waals surface area contributed by atoms with Crippen LogP contribution in [0.2, 0.25) is 0 Å². The van der Waals surface area contributed by atoms with Gasteiger partial charge in [-0.2, -0.15) is 0 Å². The summed E-state index contributed by atoms with van der Waals surface area (Å²) in [5.41, 5.74) is 8.52. The van der Waals surface area contributed by atoms with E-state index in [0.29, 0.717) is 11.5 Å². The van der Waals surface area contributed by atoms with E-state index in [9.17, 15) is 0 Å². The van der Waals surface area contributed by atoms with Crippen LogP contribution in [0, 0.1) is 0 Å². The number of nitrogens with two attached hydrogens (primary N) is 1. The Morgan fingerprint density at radius 1 is 1.31 bits per heavy atom. The molecule has 0 atom stereocenters. The van der Waals surface area contributed by atoms with Crippen molar-refractivity contribution in [2.75, 3.05) is 5.32 Å². The predicted octanol–water partition coefficient (Wildman–Crippen LogP) is 2.53. The highest BCUT2D eigenvalue weighted by molar-refractivity contribution is 7.80. The largest absolute Gasteiger partial charge is 0.472 e. The van der Waals surface area contributed by atoms with Crippen molar-refractivity contribution in [3.05, 3.63) is 54.0 Å². The van der Waals surface area contributed by atoms with Gasteiger partial charge in [0, 0.05) is 23.4 Å². The van der Waals surface area contributed by atoms with Crippen molar-refractivity contribution in [1.82, 2.24) is 0 Å². The van der Waals surface area contributed by atoms with E-state index in [2.05, 4.69) is 5.32 Å². The standard InChI is InChI=1S/C12H12N2OS/c13-12(16)10-3-1-2-4-11(10)14-7-9-5-6-15-8-9/h1-6,8,14H,7H2,(H2,13,16). The predicted molar refractivity (Wildman–Crippen MR) is 68.4 cm³/mol. The van der Waals surface area contributed by atoms with Crippen LogP contribution in [-0.4, -0.2) is 4.99 Å². The summed E-state index contributed by atoms with van der Waals surface area (Å²) in [5, 5.41) is 3.27. The Bertz CT molecular complexity index is 480. The lowest BCUT2D eigenvalue weighted by molar-refractivity contribution is 0.564. The number of thiocarbonyl (C=S) groups is 1. The van der Waals surface area contributed by atoms with Gasteiger partial charge in [0.25, 0.3) is 0 Å². The van der Waals surface area contributed by atoms with Crippen molar-refractivity contribution in [3.63, 3.8) is 0 Å². The summed E-state index contributed by atoms with van der Waals surface area (Å²) in [4.78, 5) is 0.398. The maximum atomic E-state index is 5.64. The third kappa shape index (κ3) is 2.41. The van der Waals surface area contributed by atoms with Gasteiger partial charge in [-0.25, -0.2) is 0 Å². The van der Waals surface area contributed by atoms with Crippen LogP contribution in [0.15, 0.2) is 47.3 Å². The van der Waals surface area contributed by atoms with Crippen molar-refractivity contribution >= 4 is 22.9 Å². The van der Waals surface area contributed by atoms with Gasteiger partial charge < -0.3 is 15.5 Å². The zero-order valence-electron chi connectivity index (χ0n) is 8.64. The summed E-state index contributed by atoms with van der Waals surface area (Å²) in [6, 6.07) is 9.63. The molecule has 3 N–H and O–H groups in total. The van der Waals surface area contributed by atoms with Gasteiger partial charge in [-0.15, -0.1) is 0 Å². The van der Waals surface area contributed by atoms with Crippen LogP contribution in [0.25, 0.3) is 0 Å². The number of benzene rings is 1. The number of hydrogen-bond donors (Lipinski definition) is 2. The minimum atomic E-state index is 0.398. The molecule has 3 nitrogen and oxygen atoms in total. The first-order valence-electron chi connectivity index (χ1n) is 4.91. The highest BCUT2D eigenvalue weighted by Crippen LogP contribution is 2.16. The molecule has 0 saturated heterocycles. The maximum Gasteiger partial charge on any atom is 0.106 e. The van der Waals surface area contributed by atoms with Crippen molar-refractivity contribution in [2.24, 2.45) is 5.73 Å². The lowest BCUT2D eigenvalue weighted by Crippen LogP contribution is -2.12. The Morgan fingerprint density at radius 2 is 2.12 bits per heavy atom. The topological polar surface area (TPSA) is 51.2 Å². The third-order valence-electron chi connectivity index (χ3n) is 2.26. The minimum Gasteiger partial charge on any atom is -0.472 e. The number of anilines is 1. The van der Waals surface area contributed by atoms with E-state index in [0.717, 1.165) is 16.8 Å². The molecular weight excluding hydrogens is 220 g/mol. The second kappa shape index (κ2) is 4.81. The Hall–Kier alpha value is -1.81. The normalized spacial score (nSPS) is 10.0. The molecule has 0 aliphatic heterocycles. The van der Waals surface area contributed by atoms with E-state index in [1.165, 1.54) is 0 Å². The smallest absolute Gasteiger partial charge is 0.106 e. The fourth-order valence-corrected chi connectivity index (χ4v) is 1.62. The van der Waals surface area contributed by atoms with Gasteiger partial charge >= 0.3 is 0 Å². The summed E-state index contributed by atoms with van der Waals surface area (Å²) in [6.07, 6.45) is 3.35. The van der Waals surface area contributed by atoms with Gasteiger partial charge in [0.2, 0.25) is 0 Å². The fourth-order valence-electron chi connectivity index (χ4n) is 1.44. The zero-order chi connectivity index (χ0) is 11.4. The van der Waals surface area contributed by atoms with Crippen molar-refractivity contribution < 1.29 is 4.42 Å². The van der Waals surface area contributed by atoms with Gasteiger partial charge in [-0.3, -0.25) is 0 Å². The summed E-state index contributed by atoms with van der Waals surface area (Å²) < 4.78 is 4.99. The molecule has 0 aliphatic rings. The molecule has 0 unspecified atom stereocenters. The molecule has 1 heterocycles. The Balaban J connectivity index is 2.12. The van der Waals surface area contributed by atoms with E-state index in [-0.39, 0.29) is 0 Å². The number of hydrogen-bond acceptors (Lipinski definition) is 3. The number of furan rings is 1. The average molecular weight is 232 g/mol. The van der Waals surface area contributed by atoms with E-state index in [4.69, 9.17) is 22.4 Å². The van der Waals surface area contributed by atoms with E-state index in [1.54, 1.807) is 12.5 Å². The van der Waals surface area contributed by atoms with Crippen LogP contribution < -0.4 is 11.1 Å². The molecule has 16 heavy (non-hydrogen) atoms. The Labute approximate surface area is 99.3 Å². The van der Waals surface area contributed by atoms with Crippen molar-refractivity contribution in [1.29, 1.82) is 0 Å². The third-order valence-corrected chi connectivity index (χ3v) is 2.48. The molecule has 0 fully saturated rings. The number of para-hydroxylation sites is 1. The van der Waals surface area contributed by atoms with Crippen molar-refractivity contribution in [2.45, 2.75) is 6.54 Å². The zero-order valence-corrected chi connectivity index (χ0v) is 9.46. The lowest BCUT2D eigenvalue weighted by atomic mass is 10.1. The highest BCUT2D eigenvalue weighted by atomic mass is 32.1. The minimum absolute atomic E-state index is 0.398. The summed E-state index contributed by atoms with van der Waals surface area (Å²) >= 11 is 4.98. The van der Waals surface area contributed by atoms with E-state index in [1.807, 2.05) is 30.3 Å². The molecule has 1 aromatic heterocycles. The fraction of sp³-hybridized carbons (Fsp3) is 0.0833. The molecule has 0 saturated carbocycles. The molecule has 2 aromatic rings. The van der Waals surface area contributed by atoms with E-state index >= 15 is 0 Å². The summed E-state index contributed by atoms with van der Waals surface area (Å²) in [6.45, 7) is 0.691. The lowest BCUT2D eigenvalue weighted by Gasteiger charge is -2.09. The molecule has 0 aliphatic carbocycles. The second-order valence-electron chi connectivity index (χ2n) is 3.39. The first-order valence-corrected chi connectivity index (χ1v) is 5.32. The molecule has 2 rings (SSSR count). The van der Waals surface area contributed by atoms with Crippen LogP contribution in [0.3, 0.4) is 0 Å². The van der Waals surface area contributed by atoms with E-state index < -0.39 is 0 Å². The van der Waals surface area contributed by atoms with Crippen LogP contribution in [0.5, 0.6) is 0 Å². The number of nitrogens with one attached hydrogen (secondary N) is 1. The molecule has 4 heteroatoms. The van der Waals surface area contributed by atoms with Gasteiger partial charge in [0.15, 0.2) is 0 Å². The molecule has 0 amide bonds. The highest BCUT2D eigenvalue weighted by Gasteiger charge is 2.03. The monoisotopic (exact) mass is 232 g/mol. The van der Waals surface area contributed by atoms with Gasteiger partial charge in [0.05, 0.1) is 12.5 Å².